The fraction of sp³-hybridized carbons (Fsp3) is 0.222. The van der Waals surface area contributed by atoms with Crippen LogP contribution in [-0.2, 0) is 0 Å². The molecular weight excluding hydrogens is 392 g/mol. The number of nitrogens with one attached hydrogen (secondary N) is 1. The Morgan fingerprint density at radius 1 is 1.20 bits per heavy atom. The van der Waals surface area contributed by atoms with E-state index in [0.717, 1.165) is 0 Å². The fourth-order valence-electron chi connectivity index (χ4n) is 3.90. The first-order valence-corrected chi connectivity index (χ1v) is 8.98. The number of nitro groups is 2. The molecular formula is C18H16N8O4. The molecule has 12 heteroatoms. The van der Waals surface area contributed by atoms with Crippen LogP contribution in [0.4, 0.5) is 23.0 Å². The molecule has 0 radical (unpaired) electrons. The first-order chi connectivity index (χ1) is 14.3. The normalized spacial score (nSPS) is 17.4. The molecule has 0 aliphatic carbocycles. The number of aromatic nitrogens is 1. The Hall–Kier alpha value is -4.40. The lowest BCUT2D eigenvalue weighted by atomic mass is 9.83. The number of benzene rings is 1. The second kappa shape index (κ2) is 6.89. The Morgan fingerprint density at radius 3 is 2.50 bits per heavy atom. The summed E-state index contributed by atoms with van der Waals surface area (Å²) >= 11 is 0. The molecule has 2 aromatic rings. The van der Waals surface area contributed by atoms with E-state index in [4.69, 9.17) is 11.5 Å². The van der Waals surface area contributed by atoms with Gasteiger partial charge < -0.3 is 21.7 Å². The van der Waals surface area contributed by atoms with Gasteiger partial charge in [0.15, 0.2) is 5.82 Å². The van der Waals surface area contributed by atoms with Gasteiger partial charge in [-0.1, -0.05) is 12.1 Å². The lowest BCUT2D eigenvalue weighted by Crippen LogP contribution is -2.45. The van der Waals surface area contributed by atoms with Crippen LogP contribution in [0.2, 0.25) is 0 Å². The van der Waals surface area contributed by atoms with Gasteiger partial charge in [0.2, 0.25) is 0 Å². The zero-order valence-corrected chi connectivity index (χ0v) is 15.5. The van der Waals surface area contributed by atoms with Gasteiger partial charge in [0, 0.05) is 30.8 Å². The van der Waals surface area contributed by atoms with Crippen molar-refractivity contribution in [3.63, 3.8) is 0 Å². The highest BCUT2D eigenvalue weighted by Gasteiger charge is 2.45. The Bertz CT molecular complexity index is 1150. The molecule has 2 aliphatic rings. The van der Waals surface area contributed by atoms with E-state index in [1.54, 1.807) is 4.90 Å². The molecule has 1 aromatic carbocycles. The number of hydrogen-bond acceptors (Lipinski definition) is 10. The molecule has 0 bridgehead atoms. The van der Waals surface area contributed by atoms with Gasteiger partial charge in [0.1, 0.15) is 29.2 Å². The molecule has 1 atom stereocenters. The Labute approximate surface area is 169 Å². The van der Waals surface area contributed by atoms with Crippen LogP contribution in [0.1, 0.15) is 29.0 Å². The van der Waals surface area contributed by atoms with Crippen LogP contribution in [0.5, 0.6) is 0 Å². The molecule has 5 N–H and O–H groups in total. The first kappa shape index (κ1) is 18.9. The van der Waals surface area contributed by atoms with Gasteiger partial charge in [-0.2, -0.15) is 5.26 Å². The number of nitrogen functional groups attached to an aromatic ring is 2. The molecule has 152 valence electrons. The van der Waals surface area contributed by atoms with Crippen molar-refractivity contribution in [1.82, 2.24) is 10.3 Å². The van der Waals surface area contributed by atoms with Crippen LogP contribution in [0.3, 0.4) is 0 Å². The van der Waals surface area contributed by atoms with E-state index in [9.17, 15) is 25.5 Å². The smallest absolute Gasteiger partial charge is 0.298 e. The summed E-state index contributed by atoms with van der Waals surface area (Å²) in [6.07, 6.45) is 0.706. The van der Waals surface area contributed by atoms with E-state index in [2.05, 4.69) is 10.3 Å². The van der Waals surface area contributed by atoms with Crippen molar-refractivity contribution >= 4 is 23.0 Å². The van der Waals surface area contributed by atoms with Gasteiger partial charge >= 0.3 is 0 Å². The van der Waals surface area contributed by atoms with E-state index >= 15 is 0 Å². The van der Waals surface area contributed by atoms with Crippen molar-refractivity contribution in [2.75, 3.05) is 29.5 Å². The minimum Gasteiger partial charge on any atom is -0.397 e. The lowest BCUT2D eigenvalue weighted by molar-refractivity contribution is -0.431. The zero-order valence-electron chi connectivity index (χ0n) is 15.5. The summed E-state index contributed by atoms with van der Waals surface area (Å²) in [5.74, 6) is -0.447. The molecule has 1 unspecified atom stereocenters. The Balaban J connectivity index is 2.04. The largest absolute Gasteiger partial charge is 0.397 e. The van der Waals surface area contributed by atoms with Crippen LogP contribution in [0, 0.1) is 31.6 Å². The third-order valence-electron chi connectivity index (χ3n) is 5.21. The van der Waals surface area contributed by atoms with E-state index in [-0.39, 0.29) is 39.8 Å². The maximum Gasteiger partial charge on any atom is 0.298 e. The number of anilines is 3. The highest BCUT2D eigenvalue weighted by molar-refractivity contribution is 5.79. The molecule has 0 amide bonds. The molecule has 0 spiro atoms. The average molecular weight is 408 g/mol. The third kappa shape index (κ3) is 2.72. The van der Waals surface area contributed by atoms with Crippen molar-refractivity contribution in [3.8, 4) is 6.07 Å². The molecule has 1 saturated heterocycles. The quantitative estimate of drug-likeness (QED) is 0.494. The summed E-state index contributed by atoms with van der Waals surface area (Å²) in [6, 6.07) is 7.32. The van der Waals surface area contributed by atoms with E-state index in [1.165, 1.54) is 24.3 Å². The predicted octanol–water partition coefficient (Wildman–Crippen LogP) is 1.42. The van der Waals surface area contributed by atoms with E-state index < -0.39 is 15.8 Å². The van der Waals surface area contributed by atoms with Crippen molar-refractivity contribution < 1.29 is 9.85 Å². The highest BCUT2D eigenvalue weighted by Crippen LogP contribution is 2.48. The van der Waals surface area contributed by atoms with Gasteiger partial charge in [-0.15, -0.1) is 0 Å². The van der Waals surface area contributed by atoms with Gasteiger partial charge in [0.05, 0.1) is 15.5 Å². The van der Waals surface area contributed by atoms with Crippen molar-refractivity contribution in [2.45, 2.75) is 12.3 Å². The number of fused-ring (bicyclic) bond motifs is 3. The Morgan fingerprint density at radius 2 is 1.90 bits per heavy atom. The summed E-state index contributed by atoms with van der Waals surface area (Å²) in [7, 11) is 0. The van der Waals surface area contributed by atoms with Crippen molar-refractivity contribution in [1.29, 1.82) is 5.26 Å². The van der Waals surface area contributed by atoms with Crippen LogP contribution < -0.4 is 21.7 Å². The summed E-state index contributed by atoms with van der Waals surface area (Å²) in [5.41, 5.74) is 12.5. The maximum atomic E-state index is 12.1. The summed E-state index contributed by atoms with van der Waals surface area (Å²) in [4.78, 5) is 28.1. The second-order valence-corrected chi connectivity index (χ2v) is 6.84. The lowest BCUT2D eigenvalue weighted by Gasteiger charge is -2.38. The second-order valence-electron chi connectivity index (χ2n) is 6.84. The number of rotatable bonds is 3. The van der Waals surface area contributed by atoms with Gasteiger partial charge in [-0.3, -0.25) is 20.2 Å². The number of nitrogens with zero attached hydrogens (tertiary/aromatic N) is 5. The number of nitro benzene ring substituents is 1. The van der Waals surface area contributed by atoms with Crippen molar-refractivity contribution in [2.24, 2.45) is 0 Å². The van der Waals surface area contributed by atoms with Gasteiger partial charge in [0.25, 0.3) is 11.4 Å². The average Bonchev–Trinajstić information content (AvgIpc) is 2.73. The first-order valence-electron chi connectivity index (χ1n) is 8.98. The predicted molar refractivity (Wildman–Crippen MR) is 107 cm³/mol. The van der Waals surface area contributed by atoms with E-state index in [1.807, 2.05) is 6.07 Å². The minimum atomic E-state index is -0.993. The summed E-state index contributed by atoms with van der Waals surface area (Å²) in [6.45, 7) is 0.990. The van der Waals surface area contributed by atoms with Gasteiger partial charge in [-0.05, 0) is 12.0 Å². The maximum absolute atomic E-state index is 12.1. The number of allylic oxidation sites excluding steroid dienone is 1. The van der Waals surface area contributed by atoms with Crippen LogP contribution in [-0.4, -0.2) is 27.9 Å². The van der Waals surface area contributed by atoms with Gasteiger partial charge in [-0.25, -0.2) is 4.98 Å². The van der Waals surface area contributed by atoms with Crippen LogP contribution in [0.25, 0.3) is 0 Å². The standard InChI is InChI=1S/C18H16N8O4/c19-8-11-14(20)13-12(9-2-4-10(5-3-9)25(27)28)15(26(29)30)18-22-6-1-7-24(18)17(13)23-16(11)21/h2-5,12,22H,1,6-7H2,(H4,20,21,23). The van der Waals surface area contributed by atoms with Crippen LogP contribution in [0.15, 0.2) is 35.8 Å². The minimum absolute atomic E-state index is 0.00678. The molecule has 12 nitrogen and oxygen atoms in total. The third-order valence-corrected chi connectivity index (χ3v) is 5.21. The summed E-state index contributed by atoms with van der Waals surface area (Å²) in [5, 5.41) is 35.7. The SMILES string of the molecule is N#Cc1c(N)nc2c(c1N)C(c1ccc([N+](=O)[O-])cc1)C([N+](=O)[O-])=C1NCCCN12. The molecule has 1 aromatic heterocycles. The number of non-ortho nitro benzene ring substituents is 1. The molecule has 2 aliphatic heterocycles. The van der Waals surface area contributed by atoms with Crippen LogP contribution >= 0.6 is 0 Å². The number of hydrogen-bond donors (Lipinski definition) is 3. The highest BCUT2D eigenvalue weighted by atomic mass is 16.6. The topological polar surface area (TPSA) is 190 Å². The van der Waals surface area contributed by atoms with E-state index in [0.29, 0.717) is 30.9 Å². The molecule has 0 saturated carbocycles. The monoisotopic (exact) mass is 408 g/mol. The Kier molecular flexibility index (Phi) is 4.35. The number of nitrogens with two attached hydrogens (primary N) is 2. The molecule has 30 heavy (non-hydrogen) atoms. The zero-order chi connectivity index (χ0) is 21.6. The van der Waals surface area contributed by atoms with Crippen molar-refractivity contribution in [3.05, 3.63) is 72.7 Å². The molecule has 1 fully saturated rings. The number of nitriles is 1. The number of pyridine rings is 1. The molecule has 4 rings (SSSR count). The summed E-state index contributed by atoms with van der Waals surface area (Å²) < 4.78 is 0. The molecule has 3 heterocycles. The fourth-order valence-corrected chi connectivity index (χ4v) is 3.90.